The highest BCUT2D eigenvalue weighted by Gasteiger charge is 2.47. The molecule has 4 nitrogen and oxygen atoms in total. The summed E-state index contributed by atoms with van der Waals surface area (Å²) in [5.74, 6) is 0. The first-order valence-corrected chi connectivity index (χ1v) is 21.3. The number of anilines is 2. The molecule has 0 fully saturated rings. The minimum absolute atomic E-state index is 0.0407. The molecule has 3 aromatic heterocycles. The first-order valence-electron chi connectivity index (χ1n) is 21.3. The maximum absolute atomic E-state index is 6.84. The van der Waals surface area contributed by atoms with E-state index in [1.54, 1.807) is 0 Å². The zero-order valence-corrected chi connectivity index (χ0v) is 34.7. The molecule has 13 rings (SSSR count). The summed E-state index contributed by atoms with van der Waals surface area (Å²) < 4.78 is 16.1. The summed E-state index contributed by atoms with van der Waals surface area (Å²) >= 11 is 0. The third kappa shape index (κ3) is 4.30. The van der Waals surface area contributed by atoms with Crippen LogP contribution >= 0.6 is 0 Å². The molecule has 7 aromatic carbocycles. The van der Waals surface area contributed by atoms with Crippen LogP contribution in [0.4, 0.5) is 11.4 Å². The van der Waals surface area contributed by atoms with Gasteiger partial charge in [0.25, 0.3) is 0 Å². The number of fused-ring (bicyclic) bond motifs is 16. The van der Waals surface area contributed by atoms with Gasteiger partial charge in [-0.3, -0.25) is 0 Å². The quantitative estimate of drug-likeness (QED) is 0.156. The number of rotatable bonds is 1. The molecule has 0 unspecified atom stereocenters. The Bertz CT molecular complexity index is 3500. The van der Waals surface area contributed by atoms with E-state index in [0.29, 0.717) is 0 Å². The highest BCUT2D eigenvalue weighted by atomic mass is 16.3. The summed E-state index contributed by atoms with van der Waals surface area (Å²) in [5.41, 5.74) is 19.4. The second-order valence-corrected chi connectivity index (χ2v) is 20.0. The number of nitrogens with zero attached hydrogens (tertiary/aromatic N) is 2. The molecule has 5 heteroatoms. The molecular formula is C54H45BN2O2. The van der Waals surface area contributed by atoms with Crippen LogP contribution in [0, 0.1) is 0 Å². The normalized spacial score (nSPS) is 16.5. The van der Waals surface area contributed by atoms with Crippen molar-refractivity contribution in [1.29, 1.82) is 0 Å². The van der Waals surface area contributed by atoms with Crippen molar-refractivity contribution in [2.45, 2.75) is 77.6 Å². The van der Waals surface area contributed by atoms with E-state index < -0.39 is 0 Å². The fraction of sp³-hybridized carbons (Fsp3) is 0.222. The maximum atomic E-state index is 6.84. The third-order valence-electron chi connectivity index (χ3n) is 14.6. The number of benzene rings is 7. The molecule has 5 heterocycles. The highest BCUT2D eigenvalue weighted by molar-refractivity contribution is 6.94. The Labute approximate surface area is 344 Å². The van der Waals surface area contributed by atoms with Crippen LogP contribution in [0.2, 0.25) is 0 Å². The zero-order valence-electron chi connectivity index (χ0n) is 34.7. The Morgan fingerprint density at radius 3 is 1.97 bits per heavy atom. The van der Waals surface area contributed by atoms with Crippen LogP contribution in [0.25, 0.3) is 82.5 Å². The van der Waals surface area contributed by atoms with Gasteiger partial charge in [-0.2, -0.15) is 0 Å². The summed E-state index contributed by atoms with van der Waals surface area (Å²) in [6, 6.07) is 45.7. The van der Waals surface area contributed by atoms with E-state index in [0.717, 1.165) is 55.8 Å². The van der Waals surface area contributed by atoms with Crippen molar-refractivity contribution >= 4 is 94.8 Å². The molecule has 3 aliphatic rings. The molecule has 0 bridgehead atoms. The van der Waals surface area contributed by atoms with Gasteiger partial charge >= 0.3 is 6.85 Å². The molecule has 2 aliphatic heterocycles. The van der Waals surface area contributed by atoms with E-state index in [1.165, 1.54) is 78.5 Å². The average molecular weight is 765 g/mol. The van der Waals surface area contributed by atoms with Gasteiger partial charge in [-0.1, -0.05) is 109 Å². The fourth-order valence-corrected chi connectivity index (χ4v) is 11.3. The molecule has 0 saturated carbocycles. The van der Waals surface area contributed by atoms with Crippen molar-refractivity contribution in [3.05, 3.63) is 138 Å². The number of aromatic nitrogens is 1. The standard InChI is InChI=1S/C54H45BN2O2/c1-52(2,3)30-16-18-31(19-17-30)57-43-28-40-39(53(4,5)24-25-54(40,6)7)26-37(43)34-20-21-36-48-42(23-22-35-32-12-8-11-15-46(32)59-51(35)48)56-44-27-38-33-13-9-10-14-45(33)58-47(38)29-41(44)55(57)49(34)50(36)56/h8-23,26-29H,24-25H2,1-7H3. The van der Waals surface area contributed by atoms with Gasteiger partial charge in [0, 0.05) is 49.6 Å². The number of para-hydroxylation sites is 2. The van der Waals surface area contributed by atoms with Crippen molar-refractivity contribution in [2.75, 3.05) is 4.81 Å². The molecule has 0 spiro atoms. The SMILES string of the molecule is CC(C)(C)c1ccc(N2B3c4cc5oc6ccccc6c5cc4-n4c5ccc6c7ccccc7oc6c5c5ccc(c3c54)-c3cc4c(cc32)C(C)(C)CCC4(C)C)cc1. The second kappa shape index (κ2) is 10.9. The lowest BCUT2D eigenvalue weighted by Crippen LogP contribution is -2.60. The van der Waals surface area contributed by atoms with Crippen LogP contribution in [0.1, 0.15) is 78.0 Å². The smallest absolute Gasteiger partial charge is 0.333 e. The van der Waals surface area contributed by atoms with Crippen LogP contribution in [-0.4, -0.2) is 11.4 Å². The van der Waals surface area contributed by atoms with Crippen molar-refractivity contribution in [3.8, 4) is 16.8 Å². The minimum Gasteiger partial charge on any atom is -0.456 e. The predicted octanol–water partition coefficient (Wildman–Crippen LogP) is 13.5. The lowest BCUT2D eigenvalue weighted by atomic mass is 9.43. The topological polar surface area (TPSA) is 34.5 Å². The third-order valence-corrected chi connectivity index (χ3v) is 14.6. The van der Waals surface area contributed by atoms with Gasteiger partial charge in [0.2, 0.25) is 0 Å². The van der Waals surface area contributed by atoms with Gasteiger partial charge < -0.3 is 18.2 Å². The fourth-order valence-electron chi connectivity index (χ4n) is 11.3. The van der Waals surface area contributed by atoms with E-state index >= 15 is 0 Å². The summed E-state index contributed by atoms with van der Waals surface area (Å²) in [6.07, 6.45) is 2.33. The first kappa shape index (κ1) is 33.7. The van der Waals surface area contributed by atoms with Gasteiger partial charge in [-0.15, -0.1) is 0 Å². The Balaban J connectivity index is 1.22. The van der Waals surface area contributed by atoms with E-state index in [1.807, 2.05) is 0 Å². The molecular weight excluding hydrogens is 719 g/mol. The Morgan fingerprint density at radius 1 is 0.576 bits per heavy atom. The van der Waals surface area contributed by atoms with Crippen LogP contribution in [0.15, 0.2) is 130 Å². The van der Waals surface area contributed by atoms with E-state index in [9.17, 15) is 0 Å². The van der Waals surface area contributed by atoms with Crippen LogP contribution < -0.4 is 15.7 Å². The zero-order chi connectivity index (χ0) is 39.9. The lowest BCUT2D eigenvalue weighted by molar-refractivity contribution is 0.332. The molecule has 1 aliphatic carbocycles. The van der Waals surface area contributed by atoms with Crippen LogP contribution in [-0.2, 0) is 16.2 Å². The van der Waals surface area contributed by atoms with Gasteiger partial charge in [0.15, 0.2) is 0 Å². The predicted molar refractivity (Wildman–Crippen MR) is 248 cm³/mol. The molecule has 59 heavy (non-hydrogen) atoms. The Morgan fingerprint density at radius 2 is 1.24 bits per heavy atom. The molecule has 0 N–H and O–H groups in total. The minimum atomic E-state index is -0.116. The molecule has 286 valence electrons. The van der Waals surface area contributed by atoms with Gasteiger partial charge in [-0.05, 0) is 123 Å². The Kier molecular flexibility index (Phi) is 6.23. The first-order chi connectivity index (χ1) is 28.4. The molecule has 10 aromatic rings. The van der Waals surface area contributed by atoms with E-state index in [4.69, 9.17) is 8.83 Å². The van der Waals surface area contributed by atoms with Gasteiger partial charge in [0.1, 0.15) is 22.3 Å². The highest BCUT2D eigenvalue weighted by Crippen LogP contribution is 2.53. The molecule has 0 saturated heterocycles. The van der Waals surface area contributed by atoms with E-state index in [-0.39, 0.29) is 23.1 Å². The van der Waals surface area contributed by atoms with Crippen molar-refractivity contribution in [1.82, 2.24) is 4.57 Å². The van der Waals surface area contributed by atoms with Crippen LogP contribution in [0.5, 0.6) is 0 Å². The largest absolute Gasteiger partial charge is 0.456 e. The van der Waals surface area contributed by atoms with Gasteiger partial charge in [-0.25, -0.2) is 0 Å². The summed E-state index contributed by atoms with van der Waals surface area (Å²) in [4.78, 5) is 2.67. The lowest BCUT2D eigenvalue weighted by Gasteiger charge is -2.46. The van der Waals surface area contributed by atoms with Crippen molar-refractivity contribution in [3.63, 3.8) is 0 Å². The van der Waals surface area contributed by atoms with Crippen LogP contribution in [0.3, 0.4) is 0 Å². The monoisotopic (exact) mass is 764 g/mol. The number of hydrogen-bond acceptors (Lipinski definition) is 3. The van der Waals surface area contributed by atoms with Gasteiger partial charge in [0.05, 0.1) is 16.4 Å². The summed E-state index contributed by atoms with van der Waals surface area (Å²) in [6.45, 7) is 16.6. The Hall–Kier alpha value is -6.20. The van der Waals surface area contributed by atoms with Crippen molar-refractivity contribution in [2.24, 2.45) is 0 Å². The molecule has 0 amide bonds. The van der Waals surface area contributed by atoms with E-state index in [2.05, 4.69) is 179 Å². The number of furan rings is 2. The molecule has 0 atom stereocenters. The average Bonchev–Trinajstić information content (AvgIpc) is 3.90. The second-order valence-electron chi connectivity index (χ2n) is 20.0. The maximum Gasteiger partial charge on any atom is 0.333 e. The summed E-state index contributed by atoms with van der Waals surface area (Å²) in [7, 11) is 0. The number of hydrogen-bond donors (Lipinski definition) is 0. The summed E-state index contributed by atoms with van der Waals surface area (Å²) in [5, 5.41) is 6.96. The molecule has 0 radical (unpaired) electrons. The van der Waals surface area contributed by atoms with Crippen molar-refractivity contribution < 1.29 is 8.83 Å².